The lowest BCUT2D eigenvalue weighted by atomic mass is 10.2. The molecule has 1 aromatic rings. The number of nitrogens with one attached hydrogen (secondary N) is 1. The molecule has 1 aliphatic rings. The Balaban J connectivity index is 2.42. The number of hydrogen-bond donors (Lipinski definition) is 1. The summed E-state index contributed by atoms with van der Waals surface area (Å²) in [4.78, 5) is 12.5. The number of nitrogens with zero attached hydrogens (tertiary/aromatic N) is 2. The van der Waals surface area contributed by atoms with Gasteiger partial charge in [0, 0.05) is 32.2 Å². The van der Waals surface area contributed by atoms with Crippen molar-refractivity contribution >= 4 is 34.6 Å². The van der Waals surface area contributed by atoms with Gasteiger partial charge in [-0.15, -0.1) is 0 Å². The number of anilines is 1. The minimum absolute atomic E-state index is 0.00120. The Labute approximate surface area is 108 Å². The van der Waals surface area contributed by atoms with Crippen molar-refractivity contribution in [3.8, 4) is 0 Å². The molecule has 2 rings (SSSR count). The maximum Gasteiger partial charge on any atom is 0.294 e. The van der Waals surface area contributed by atoms with E-state index >= 15 is 0 Å². The number of nitro benzene ring substituents is 1. The van der Waals surface area contributed by atoms with Gasteiger partial charge < -0.3 is 10.2 Å². The van der Waals surface area contributed by atoms with Crippen molar-refractivity contribution in [3.63, 3.8) is 0 Å². The Morgan fingerprint density at radius 2 is 1.82 bits per heavy atom. The molecule has 0 aliphatic carbocycles. The fraction of sp³-hybridized carbons (Fsp3) is 0.400. The number of hydrogen-bond acceptors (Lipinski definition) is 4. The van der Waals surface area contributed by atoms with E-state index in [9.17, 15) is 10.1 Å². The summed E-state index contributed by atoms with van der Waals surface area (Å²) in [6.45, 7) is 3.05. The summed E-state index contributed by atoms with van der Waals surface area (Å²) in [5, 5.41) is 14.7. The lowest BCUT2D eigenvalue weighted by molar-refractivity contribution is -0.384. The first kappa shape index (κ1) is 12.4. The molecule has 92 valence electrons. The molecule has 1 fully saturated rings. The van der Waals surface area contributed by atoms with E-state index < -0.39 is 4.92 Å². The summed E-state index contributed by atoms with van der Waals surface area (Å²) in [5.41, 5.74) is 0.534. The van der Waals surface area contributed by atoms with E-state index in [1.165, 1.54) is 6.07 Å². The molecule has 0 aromatic heterocycles. The van der Waals surface area contributed by atoms with Gasteiger partial charge in [-0.1, -0.05) is 23.2 Å². The number of rotatable bonds is 2. The Hall–Kier alpha value is -1.04. The van der Waals surface area contributed by atoms with E-state index in [1.807, 2.05) is 4.90 Å². The molecular weight excluding hydrogens is 265 g/mol. The third kappa shape index (κ3) is 2.62. The summed E-state index contributed by atoms with van der Waals surface area (Å²) < 4.78 is 0. The highest BCUT2D eigenvalue weighted by atomic mass is 35.5. The Kier molecular flexibility index (Phi) is 3.71. The quantitative estimate of drug-likeness (QED) is 0.665. The molecule has 0 saturated carbocycles. The van der Waals surface area contributed by atoms with Gasteiger partial charge >= 0.3 is 0 Å². The van der Waals surface area contributed by atoms with Crippen molar-refractivity contribution in [1.82, 2.24) is 5.32 Å². The maximum atomic E-state index is 11.0. The van der Waals surface area contributed by atoms with E-state index in [0.29, 0.717) is 10.7 Å². The molecule has 0 spiro atoms. The third-order valence-corrected chi connectivity index (χ3v) is 3.39. The molecule has 1 aromatic carbocycles. The molecule has 0 atom stereocenters. The summed E-state index contributed by atoms with van der Waals surface area (Å²) >= 11 is 11.7. The van der Waals surface area contributed by atoms with Crippen LogP contribution >= 0.6 is 23.2 Å². The first-order valence-electron chi connectivity index (χ1n) is 5.18. The van der Waals surface area contributed by atoms with Crippen molar-refractivity contribution in [2.75, 3.05) is 31.1 Å². The van der Waals surface area contributed by atoms with Gasteiger partial charge in [0.1, 0.15) is 5.69 Å². The highest BCUT2D eigenvalue weighted by Crippen LogP contribution is 2.36. The highest BCUT2D eigenvalue weighted by molar-refractivity contribution is 6.42. The average Bonchev–Trinajstić information content (AvgIpc) is 2.33. The second-order valence-corrected chi connectivity index (χ2v) is 4.56. The Morgan fingerprint density at radius 1 is 1.24 bits per heavy atom. The number of piperazine rings is 1. The van der Waals surface area contributed by atoms with Gasteiger partial charge in [-0.3, -0.25) is 10.1 Å². The predicted octanol–water partition coefficient (Wildman–Crippen LogP) is 2.31. The van der Waals surface area contributed by atoms with Crippen LogP contribution in [0.5, 0.6) is 0 Å². The second-order valence-electron chi connectivity index (χ2n) is 3.75. The zero-order valence-electron chi connectivity index (χ0n) is 8.95. The van der Waals surface area contributed by atoms with Gasteiger partial charge in [0.15, 0.2) is 0 Å². The molecule has 7 heteroatoms. The molecule has 5 nitrogen and oxygen atoms in total. The molecular formula is C10H11Cl2N3O2. The van der Waals surface area contributed by atoms with Gasteiger partial charge in [0.2, 0.25) is 0 Å². The van der Waals surface area contributed by atoms with E-state index in [-0.39, 0.29) is 10.7 Å². The SMILES string of the molecule is O=[N+]([O-])c1cc(Cl)c(Cl)cc1N1CCNCC1. The van der Waals surface area contributed by atoms with Crippen LogP contribution in [0, 0.1) is 10.1 Å². The largest absolute Gasteiger partial charge is 0.363 e. The zero-order valence-corrected chi connectivity index (χ0v) is 10.5. The maximum absolute atomic E-state index is 11.0. The first-order chi connectivity index (χ1) is 8.09. The minimum Gasteiger partial charge on any atom is -0.363 e. The first-order valence-corrected chi connectivity index (χ1v) is 5.94. The van der Waals surface area contributed by atoms with Crippen molar-refractivity contribution in [1.29, 1.82) is 0 Å². The van der Waals surface area contributed by atoms with Crippen LogP contribution < -0.4 is 10.2 Å². The second kappa shape index (κ2) is 5.08. The van der Waals surface area contributed by atoms with Crippen molar-refractivity contribution in [2.45, 2.75) is 0 Å². The van der Waals surface area contributed by atoms with Crippen LogP contribution in [0.15, 0.2) is 12.1 Å². The molecule has 0 bridgehead atoms. The van der Waals surface area contributed by atoms with Gasteiger partial charge in [-0.05, 0) is 6.07 Å². The lowest BCUT2D eigenvalue weighted by Gasteiger charge is -2.29. The summed E-state index contributed by atoms with van der Waals surface area (Å²) in [7, 11) is 0. The number of benzene rings is 1. The van der Waals surface area contributed by atoms with Crippen LogP contribution in [0.3, 0.4) is 0 Å². The fourth-order valence-corrected chi connectivity index (χ4v) is 2.15. The van der Waals surface area contributed by atoms with Crippen LogP contribution in [0.2, 0.25) is 10.0 Å². The third-order valence-electron chi connectivity index (χ3n) is 2.67. The van der Waals surface area contributed by atoms with Crippen LogP contribution in [0.25, 0.3) is 0 Å². The summed E-state index contributed by atoms with van der Waals surface area (Å²) in [6, 6.07) is 2.87. The normalized spacial score (nSPS) is 16.0. The molecule has 17 heavy (non-hydrogen) atoms. The van der Waals surface area contributed by atoms with Crippen LogP contribution in [-0.4, -0.2) is 31.1 Å². The molecule has 1 heterocycles. The topological polar surface area (TPSA) is 58.4 Å². The molecule has 0 radical (unpaired) electrons. The summed E-state index contributed by atoms with van der Waals surface area (Å²) in [5.74, 6) is 0. The van der Waals surface area contributed by atoms with E-state index in [2.05, 4.69) is 5.32 Å². The minimum atomic E-state index is -0.431. The van der Waals surface area contributed by atoms with Crippen molar-refractivity contribution in [3.05, 3.63) is 32.3 Å². The van der Waals surface area contributed by atoms with Gasteiger partial charge in [0.25, 0.3) is 5.69 Å². The monoisotopic (exact) mass is 275 g/mol. The smallest absolute Gasteiger partial charge is 0.294 e. The fourth-order valence-electron chi connectivity index (χ4n) is 1.83. The van der Waals surface area contributed by atoms with E-state index in [4.69, 9.17) is 23.2 Å². The van der Waals surface area contributed by atoms with Gasteiger partial charge in [-0.25, -0.2) is 0 Å². The zero-order chi connectivity index (χ0) is 12.4. The van der Waals surface area contributed by atoms with Crippen molar-refractivity contribution in [2.24, 2.45) is 0 Å². The molecule has 0 unspecified atom stereocenters. The average molecular weight is 276 g/mol. The van der Waals surface area contributed by atoms with Gasteiger partial charge in [-0.2, -0.15) is 0 Å². The standard InChI is InChI=1S/C10H11Cl2N3O2/c11-7-5-9(14-3-1-13-2-4-14)10(15(16)17)6-8(7)12/h5-6,13H,1-4H2. The molecule has 1 aliphatic heterocycles. The molecule has 1 saturated heterocycles. The van der Waals surface area contributed by atoms with Crippen LogP contribution in [0.4, 0.5) is 11.4 Å². The Bertz CT molecular complexity index is 447. The lowest BCUT2D eigenvalue weighted by Crippen LogP contribution is -2.43. The number of halogens is 2. The number of nitro groups is 1. The van der Waals surface area contributed by atoms with Gasteiger partial charge in [0.05, 0.1) is 15.0 Å². The van der Waals surface area contributed by atoms with E-state index in [1.54, 1.807) is 6.07 Å². The Morgan fingerprint density at radius 3 is 2.41 bits per heavy atom. The van der Waals surface area contributed by atoms with Crippen molar-refractivity contribution < 1.29 is 4.92 Å². The van der Waals surface area contributed by atoms with E-state index in [0.717, 1.165) is 26.2 Å². The van der Waals surface area contributed by atoms with Crippen LogP contribution in [-0.2, 0) is 0 Å². The molecule has 1 N–H and O–H groups in total. The highest BCUT2D eigenvalue weighted by Gasteiger charge is 2.22. The molecule has 0 amide bonds. The van der Waals surface area contributed by atoms with Crippen LogP contribution in [0.1, 0.15) is 0 Å². The summed E-state index contributed by atoms with van der Waals surface area (Å²) in [6.07, 6.45) is 0. The predicted molar refractivity (Wildman–Crippen MR) is 68.2 cm³/mol.